The summed E-state index contributed by atoms with van der Waals surface area (Å²) >= 11 is 0. The predicted octanol–water partition coefficient (Wildman–Crippen LogP) is 2.43. The summed E-state index contributed by atoms with van der Waals surface area (Å²) in [6, 6.07) is 14.4. The summed E-state index contributed by atoms with van der Waals surface area (Å²) in [6.07, 6.45) is 2.59. The van der Waals surface area contributed by atoms with Crippen LogP contribution in [0.4, 0.5) is 0 Å². The van der Waals surface area contributed by atoms with E-state index in [1.807, 2.05) is 18.2 Å². The number of nitrogens with one attached hydrogen (secondary N) is 1. The lowest BCUT2D eigenvalue weighted by Crippen LogP contribution is -1.81. The molecular weight excluding hydrogens is 186 g/mol. The van der Waals surface area contributed by atoms with Gasteiger partial charge >= 0.3 is 0 Å². The molecule has 1 radical (unpaired) electrons. The van der Waals surface area contributed by atoms with E-state index < -0.39 is 0 Å². The Morgan fingerprint density at radius 1 is 1.00 bits per heavy atom. The monoisotopic (exact) mass is 194 g/mol. The van der Waals surface area contributed by atoms with Gasteiger partial charge in [0.25, 0.3) is 0 Å². The number of nitrogens with zero attached hydrogens (tertiary/aromatic N) is 2. The van der Waals surface area contributed by atoms with Gasteiger partial charge in [-0.3, -0.25) is 0 Å². The quantitative estimate of drug-likeness (QED) is 0.646. The van der Waals surface area contributed by atoms with Crippen LogP contribution in [0.25, 0.3) is 22.2 Å². The molecule has 0 fully saturated rings. The van der Waals surface area contributed by atoms with Crippen LogP contribution in [0.3, 0.4) is 0 Å². The van der Waals surface area contributed by atoms with Crippen LogP contribution in [0.15, 0.2) is 42.5 Å². The average molecular weight is 194 g/mol. The Bertz CT molecular complexity index is 585. The fourth-order valence-electron chi connectivity index (χ4n) is 1.64. The van der Waals surface area contributed by atoms with Crippen molar-refractivity contribution in [1.29, 1.82) is 0 Å². The zero-order valence-electron chi connectivity index (χ0n) is 7.94. The van der Waals surface area contributed by atoms with Crippen molar-refractivity contribution in [2.75, 3.05) is 0 Å². The topological polar surface area (TPSA) is 41.6 Å². The molecule has 0 aliphatic heterocycles. The van der Waals surface area contributed by atoms with Crippen LogP contribution in [0, 0.1) is 6.33 Å². The van der Waals surface area contributed by atoms with Crippen LogP contribution in [0.1, 0.15) is 0 Å². The normalized spacial score (nSPS) is 10.7. The molecule has 1 aromatic heterocycles. The van der Waals surface area contributed by atoms with Gasteiger partial charge in [-0.15, -0.1) is 10.2 Å². The van der Waals surface area contributed by atoms with E-state index in [2.05, 4.69) is 45.8 Å². The third-order valence-corrected chi connectivity index (χ3v) is 2.40. The molecule has 3 nitrogen and oxygen atoms in total. The van der Waals surface area contributed by atoms with Gasteiger partial charge in [-0.25, -0.2) is 0 Å². The van der Waals surface area contributed by atoms with Crippen molar-refractivity contribution in [3.8, 4) is 11.4 Å². The number of aromatic amines is 1. The summed E-state index contributed by atoms with van der Waals surface area (Å²) in [7, 11) is 0. The Balaban J connectivity index is 2.22. The third-order valence-electron chi connectivity index (χ3n) is 2.40. The van der Waals surface area contributed by atoms with Crippen molar-refractivity contribution >= 4 is 10.8 Å². The summed E-state index contributed by atoms with van der Waals surface area (Å²) in [5.74, 6) is 0.751. The van der Waals surface area contributed by atoms with Crippen LogP contribution in [0.5, 0.6) is 0 Å². The Morgan fingerprint density at radius 3 is 2.67 bits per heavy atom. The number of benzene rings is 2. The minimum absolute atomic E-state index is 0.751. The number of fused-ring (bicyclic) bond motifs is 1. The molecule has 3 heteroatoms. The molecule has 0 saturated carbocycles. The molecule has 0 aliphatic rings. The summed E-state index contributed by atoms with van der Waals surface area (Å²) < 4.78 is 0. The van der Waals surface area contributed by atoms with Crippen LogP contribution in [0.2, 0.25) is 0 Å². The van der Waals surface area contributed by atoms with Crippen molar-refractivity contribution in [2.45, 2.75) is 0 Å². The smallest absolute Gasteiger partial charge is 0.199 e. The van der Waals surface area contributed by atoms with Gasteiger partial charge < -0.3 is 4.98 Å². The van der Waals surface area contributed by atoms with Crippen LogP contribution >= 0.6 is 0 Å². The number of hydrogen-bond donors (Lipinski definition) is 1. The van der Waals surface area contributed by atoms with Crippen molar-refractivity contribution in [2.24, 2.45) is 0 Å². The van der Waals surface area contributed by atoms with Gasteiger partial charge in [0.2, 0.25) is 0 Å². The first-order chi connectivity index (χ1) is 7.43. The molecule has 15 heavy (non-hydrogen) atoms. The highest BCUT2D eigenvalue weighted by atomic mass is 15.2. The number of hydrogen-bond acceptors (Lipinski definition) is 2. The predicted molar refractivity (Wildman–Crippen MR) is 58.2 cm³/mol. The molecular formula is C12H8N3. The highest BCUT2D eigenvalue weighted by Gasteiger charge is 2.01. The second-order valence-corrected chi connectivity index (χ2v) is 3.35. The maximum Gasteiger partial charge on any atom is 0.199 e. The minimum Gasteiger partial charge on any atom is -0.318 e. The second-order valence-electron chi connectivity index (χ2n) is 3.35. The molecule has 0 unspecified atom stereocenters. The van der Waals surface area contributed by atoms with Gasteiger partial charge in [0.15, 0.2) is 12.2 Å². The largest absolute Gasteiger partial charge is 0.318 e. The number of rotatable bonds is 1. The van der Waals surface area contributed by atoms with Gasteiger partial charge in [-0.1, -0.05) is 36.4 Å². The fourth-order valence-corrected chi connectivity index (χ4v) is 1.64. The first kappa shape index (κ1) is 8.17. The Kier molecular flexibility index (Phi) is 1.75. The molecule has 3 aromatic rings. The van der Waals surface area contributed by atoms with E-state index >= 15 is 0 Å². The van der Waals surface area contributed by atoms with E-state index in [1.54, 1.807) is 0 Å². The molecule has 1 heterocycles. The summed E-state index contributed by atoms with van der Waals surface area (Å²) in [5.41, 5.74) is 1.03. The molecule has 3 rings (SSSR count). The third kappa shape index (κ3) is 1.38. The Labute approximate surface area is 86.8 Å². The molecule has 0 amide bonds. The molecule has 1 N–H and O–H groups in total. The summed E-state index contributed by atoms with van der Waals surface area (Å²) in [4.78, 5) is 2.87. The van der Waals surface area contributed by atoms with Crippen LogP contribution in [-0.4, -0.2) is 15.2 Å². The van der Waals surface area contributed by atoms with Crippen molar-refractivity contribution in [1.82, 2.24) is 15.2 Å². The molecule has 0 atom stereocenters. The molecule has 2 aromatic carbocycles. The Hall–Kier alpha value is -2.16. The molecule has 0 spiro atoms. The minimum atomic E-state index is 0.751. The summed E-state index contributed by atoms with van der Waals surface area (Å²) in [6.45, 7) is 0. The van der Waals surface area contributed by atoms with E-state index in [-0.39, 0.29) is 0 Å². The van der Waals surface area contributed by atoms with Crippen molar-refractivity contribution < 1.29 is 0 Å². The lowest BCUT2D eigenvalue weighted by Gasteiger charge is -1.99. The van der Waals surface area contributed by atoms with Gasteiger partial charge in [0.05, 0.1) is 0 Å². The second kappa shape index (κ2) is 3.20. The maximum absolute atomic E-state index is 3.93. The number of aromatic nitrogens is 3. The lowest BCUT2D eigenvalue weighted by molar-refractivity contribution is 1.09. The van der Waals surface area contributed by atoms with E-state index in [0.717, 1.165) is 11.4 Å². The van der Waals surface area contributed by atoms with E-state index in [9.17, 15) is 0 Å². The number of H-pyrrole nitrogens is 1. The average Bonchev–Trinajstić information content (AvgIpc) is 2.82. The molecule has 0 aliphatic carbocycles. The van der Waals surface area contributed by atoms with Crippen LogP contribution < -0.4 is 0 Å². The zero-order valence-corrected chi connectivity index (χ0v) is 7.94. The van der Waals surface area contributed by atoms with Gasteiger partial charge in [-0.2, -0.15) is 0 Å². The van der Waals surface area contributed by atoms with Crippen molar-refractivity contribution in [3.63, 3.8) is 0 Å². The SMILES string of the molecule is [c]1nnc(-c2ccc3ccccc3c2)[nH]1. The molecule has 0 bridgehead atoms. The molecule has 0 saturated heterocycles. The Morgan fingerprint density at radius 2 is 1.87 bits per heavy atom. The zero-order chi connectivity index (χ0) is 10.1. The first-order valence-corrected chi connectivity index (χ1v) is 4.71. The molecule has 71 valence electrons. The maximum atomic E-state index is 3.93. The van der Waals surface area contributed by atoms with Gasteiger partial charge in [0.1, 0.15) is 0 Å². The van der Waals surface area contributed by atoms with Gasteiger partial charge in [0, 0.05) is 5.56 Å². The van der Waals surface area contributed by atoms with Gasteiger partial charge in [-0.05, 0) is 16.8 Å². The van der Waals surface area contributed by atoms with E-state index in [0.29, 0.717) is 0 Å². The van der Waals surface area contributed by atoms with Crippen molar-refractivity contribution in [3.05, 3.63) is 48.8 Å². The van der Waals surface area contributed by atoms with E-state index in [4.69, 9.17) is 0 Å². The fraction of sp³-hybridized carbons (Fsp3) is 0. The highest BCUT2D eigenvalue weighted by molar-refractivity contribution is 5.86. The highest BCUT2D eigenvalue weighted by Crippen LogP contribution is 2.20. The van der Waals surface area contributed by atoms with E-state index in [1.165, 1.54) is 10.8 Å². The lowest BCUT2D eigenvalue weighted by atomic mass is 10.1. The standard InChI is InChI=1S/C12H8N3/c1-2-4-10-7-11(6-5-9(10)3-1)12-13-8-14-15-12/h1-7H,(H,13,14,15). The first-order valence-electron chi connectivity index (χ1n) is 4.71. The van der Waals surface area contributed by atoms with Crippen LogP contribution in [-0.2, 0) is 0 Å². The summed E-state index contributed by atoms with van der Waals surface area (Å²) in [5, 5.41) is 10.0.